The van der Waals surface area contributed by atoms with Crippen LogP contribution >= 0.6 is 0 Å². The first kappa shape index (κ1) is 14.8. The molecule has 0 spiro atoms. The zero-order valence-corrected chi connectivity index (χ0v) is 14.0. The number of aromatic nitrogens is 2. The van der Waals surface area contributed by atoms with Gasteiger partial charge in [0.1, 0.15) is 5.65 Å². The van der Waals surface area contributed by atoms with Gasteiger partial charge in [0.25, 0.3) is 5.56 Å². The molecule has 0 saturated carbocycles. The van der Waals surface area contributed by atoms with Crippen LogP contribution < -0.4 is 19.9 Å². The monoisotopic (exact) mass is 345 g/mol. The molecule has 2 aromatic heterocycles. The molecule has 128 valence electrons. The number of hydrogen-bond donors (Lipinski definition) is 1. The minimum atomic E-state index is -0.136. The van der Waals surface area contributed by atoms with E-state index in [1.807, 2.05) is 60.5 Å². The molecule has 1 aliphatic heterocycles. The van der Waals surface area contributed by atoms with E-state index < -0.39 is 0 Å². The van der Waals surface area contributed by atoms with Crippen molar-refractivity contribution in [2.45, 2.75) is 0 Å². The Bertz CT molecular complexity index is 1220. The van der Waals surface area contributed by atoms with Gasteiger partial charge >= 0.3 is 0 Å². The van der Waals surface area contributed by atoms with Crippen molar-refractivity contribution >= 4 is 33.2 Å². The quantitative estimate of drug-likeness (QED) is 0.563. The molecule has 0 saturated heterocycles. The molecule has 0 radical (unpaired) electrons. The molecule has 0 unspecified atom stereocenters. The molecule has 6 nitrogen and oxygen atoms in total. The largest absolute Gasteiger partial charge is 0.454 e. The molecule has 0 fully saturated rings. The molecule has 0 atom stereocenters. The molecule has 1 aliphatic rings. The van der Waals surface area contributed by atoms with Gasteiger partial charge in [0.05, 0.1) is 0 Å². The fraction of sp³-hybridized carbons (Fsp3) is 0.100. The number of anilines is 2. The van der Waals surface area contributed by atoms with Gasteiger partial charge in [-0.05, 0) is 42.5 Å². The van der Waals surface area contributed by atoms with Gasteiger partial charge in [0, 0.05) is 46.8 Å². The number of nitrogens with zero attached hydrogens (tertiary/aromatic N) is 2. The first-order chi connectivity index (χ1) is 12.7. The highest BCUT2D eigenvalue weighted by Gasteiger charge is 2.16. The van der Waals surface area contributed by atoms with Crippen molar-refractivity contribution in [1.29, 1.82) is 0 Å². The van der Waals surface area contributed by atoms with Crippen LogP contribution in [-0.2, 0) is 0 Å². The van der Waals surface area contributed by atoms with Crippen molar-refractivity contribution in [3.8, 4) is 11.5 Å². The van der Waals surface area contributed by atoms with Crippen LogP contribution in [-0.4, -0.2) is 23.8 Å². The third-order valence-corrected chi connectivity index (χ3v) is 4.71. The summed E-state index contributed by atoms with van der Waals surface area (Å²) >= 11 is 0. The van der Waals surface area contributed by atoms with Crippen LogP contribution in [0.15, 0.2) is 59.5 Å². The van der Waals surface area contributed by atoms with Crippen LogP contribution in [0.5, 0.6) is 11.5 Å². The Kier molecular flexibility index (Phi) is 3.12. The Morgan fingerprint density at radius 2 is 1.77 bits per heavy atom. The molecule has 3 heterocycles. The number of rotatable bonds is 2. The second-order valence-corrected chi connectivity index (χ2v) is 6.18. The van der Waals surface area contributed by atoms with Crippen molar-refractivity contribution in [3.05, 3.63) is 65.1 Å². The summed E-state index contributed by atoms with van der Waals surface area (Å²) in [5, 5.41) is 2.44. The Morgan fingerprint density at radius 1 is 0.962 bits per heavy atom. The van der Waals surface area contributed by atoms with Crippen molar-refractivity contribution < 1.29 is 9.47 Å². The Morgan fingerprint density at radius 3 is 2.69 bits per heavy atom. The standard InChI is InChI=1S/C20H15N3O3/c1-23(13-5-7-17-18(10-13)26-11-25-17)12-4-6-15-16(9-12)14-3-2-8-21-19(14)22-20(15)24/h2-10H,11H2,1H3,(H,21,22,24). The second kappa shape index (κ2) is 5.49. The lowest BCUT2D eigenvalue weighted by molar-refractivity contribution is 0.174. The summed E-state index contributed by atoms with van der Waals surface area (Å²) < 4.78 is 10.8. The summed E-state index contributed by atoms with van der Waals surface area (Å²) in [5.74, 6) is 1.49. The van der Waals surface area contributed by atoms with E-state index in [0.717, 1.165) is 33.6 Å². The van der Waals surface area contributed by atoms with E-state index in [9.17, 15) is 4.79 Å². The molecule has 0 aliphatic carbocycles. The second-order valence-electron chi connectivity index (χ2n) is 6.18. The first-order valence-electron chi connectivity index (χ1n) is 8.25. The number of fused-ring (bicyclic) bond motifs is 4. The minimum absolute atomic E-state index is 0.136. The Balaban J connectivity index is 1.67. The molecule has 6 heteroatoms. The van der Waals surface area contributed by atoms with E-state index in [4.69, 9.17) is 9.47 Å². The molecule has 4 aromatic rings. The van der Waals surface area contributed by atoms with E-state index in [2.05, 4.69) is 9.97 Å². The van der Waals surface area contributed by atoms with Gasteiger partial charge in [-0.15, -0.1) is 0 Å². The molecule has 1 N–H and O–H groups in total. The Labute approximate surface area is 148 Å². The predicted octanol–water partition coefficient (Wildman–Crippen LogP) is 3.57. The lowest BCUT2D eigenvalue weighted by Gasteiger charge is -2.20. The SMILES string of the molecule is CN(c1ccc2c(c1)OCO2)c1ccc2c(=O)[nH]c3ncccc3c2c1. The van der Waals surface area contributed by atoms with Gasteiger partial charge in [0.2, 0.25) is 6.79 Å². The maximum absolute atomic E-state index is 12.3. The van der Waals surface area contributed by atoms with Crippen LogP contribution in [0.4, 0.5) is 11.4 Å². The van der Waals surface area contributed by atoms with Crippen molar-refractivity contribution in [2.24, 2.45) is 0 Å². The number of benzene rings is 2. The van der Waals surface area contributed by atoms with Gasteiger partial charge < -0.3 is 19.4 Å². The fourth-order valence-corrected chi connectivity index (χ4v) is 3.30. The number of aromatic amines is 1. The topological polar surface area (TPSA) is 67.5 Å². The van der Waals surface area contributed by atoms with E-state index in [-0.39, 0.29) is 12.4 Å². The molecule has 0 bridgehead atoms. The summed E-state index contributed by atoms with van der Waals surface area (Å²) in [4.78, 5) is 21.5. The molecule has 26 heavy (non-hydrogen) atoms. The number of pyridine rings is 2. The average molecular weight is 345 g/mol. The van der Waals surface area contributed by atoms with E-state index >= 15 is 0 Å². The normalized spacial score (nSPS) is 12.7. The number of nitrogens with one attached hydrogen (secondary N) is 1. The smallest absolute Gasteiger partial charge is 0.257 e. The van der Waals surface area contributed by atoms with Crippen molar-refractivity contribution in [2.75, 3.05) is 18.7 Å². The summed E-state index contributed by atoms with van der Waals surface area (Å²) in [6, 6.07) is 15.5. The van der Waals surface area contributed by atoms with Gasteiger partial charge in [-0.3, -0.25) is 4.79 Å². The molecule has 0 amide bonds. The molecule has 5 rings (SSSR count). The van der Waals surface area contributed by atoms with Gasteiger partial charge in [-0.2, -0.15) is 0 Å². The highest BCUT2D eigenvalue weighted by Crippen LogP contribution is 2.37. The van der Waals surface area contributed by atoms with E-state index in [1.54, 1.807) is 6.20 Å². The van der Waals surface area contributed by atoms with Crippen molar-refractivity contribution in [1.82, 2.24) is 9.97 Å². The van der Waals surface area contributed by atoms with Crippen LogP contribution in [0.1, 0.15) is 0 Å². The van der Waals surface area contributed by atoms with Gasteiger partial charge in [0.15, 0.2) is 11.5 Å². The third-order valence-electron chi connectivity index (χ3n) is 4.71. The minimum Gasteiger partial charge on any atom is -0.454 e. The predicted molar refractivity (Wildman–Crippen MR) is 100 cm³/mol. The van der Waals surface area contributed by atoms with Gasteiger partial charge in [-0.25, -0.2) is 4.98 Å². The van der Waals surface area contributed by atoms with E-state index in [0.29, 0.717) is 11.0 Å². The van der Waals surface area contributed by atoms with Crippen LogP contribution in [0.3, 0.4) is 0 Å². The average Bonchev–Trinajstić information content (AvgIpc) is 3.15. The van der Waals surface area contributed by atoms with Crippen LogP contribution in [0.2, 0.25) is 0 Å². The fourth-order valence-electron chi connectivity index (χ4n) is 3.30. The summed E-state index contributed by atoms with van der Waals surface area (Å²) in [7, 11) is 1.98. The van der Waals surface area contributed by atoms with Crippen LogP contribution in [0, 0.1) is 0 Å². The van der Waals surface area contributed by atoms with E-state index in [1.165, 1.54) is 0 Å². The number of ether oxygens (including phenoxy) is 2. The van der Waals surface area contributed by atoms with Crippen LogP contribution in [0.25, 0.3) is 21.8 Å². The lowest BCUT2D eigenvalue weighted by Crippen LogP contribution is -2.11. The Hall–Kier alpha value is -3.54. The number of H-pyrrole nitrogens is 1. The molecular weight excluding hydrogens is 330 g/mol. The zero-order valence-electron chi connectivity index (χ0n) is 14.0. The third kappa shape index (κ3) is 2.19. The maximum atomic E-state index is 12.3. The summed E-state index contributed by atoms with van der Waals surface area (Å²) in [6.07, 6.45) is 1.67. The number of hydrogen-bond acceptors (Lipinski definition) is 5. The molecule has 2 aromatic carbocycles. The van der Waals surface area contributed by atoms with Crippen molar-refractivity contribution in [3.63, 3.8) is 0 Å². The summed E-state index contributed by atoms with van der Waals surface area (Å²) in [6.45, 7) is 0.250. The van der Waals surface area contributed by atoms with Gasteiger partial charge in [-0.1, -0.05) is 0 Å². The first-order valence-corrected chi connectivity index (χ1v) is 8.25. The maximum Gasteiger partial charge on any atom is 0.257 e. The molecular formula is C20H15N3O3. The lowest BCUT2D eigenvalue weighted by atomic mass is 10.1. The zero-order chi connectivity index (χ0) is 17.7. The highest BCUT2D eigenvalue weighted by atomic mass is 16.7. The highest BCUT2D eigenvalue weighted by molar-refractivity contribution is 6.05. The summed E-state index contributed by atoms with van der Waals surface area (Å²) in [5.41, 5.74) is 2.39.